The Bertz CT molecular complexity index is 1070. The number of carboxylic acid groups (broad SMARTS) is 1. The van der Waals surface area contributed by atoms with Crippen LogP contribution in [-0.4, -0.2) is 66.9 Å². The molecule has 0 saturated carbocycles. The monoisotopic (exact) mass is 480 g/mol. The van der Waals surface area contributed by atoms with Crippen LogP contribution in [0.1, 0.15) is 43.7 Å². The molecule has 186 valence electrons. The van der Waals surface area contributed by atoms with E-state index >= 15 is 0 Å². The van der Waals surface area contributed by atoms with Gasteiger partial charge in [0.2, 0.25) is 5.91 Å². The highest BCUT2D eigenvalue weighted by Gasteiger charge is 2.41. The van der Waals surface area contributed by atoms with Crippen LogP contribution in [0.15, 0.2) is 48.5 Å². The first-order valence-corrected chi connectivity index (χ1v) is 11.8. The van der Waals surface area contributed by atoms with E-state index in [9.17, 15) is 19.5 Å². The summed E-state index contributed by atoms with van der Waals surface area (Å²) in [7, 11) is 1.51. The van der Waals surface area contributed by atoms with E-state index in [2.05, 4.69) is 29.6 Å². The van der Waals surface area contributed by atoms with Crippen LogP contribution in [0.4, 0.5) is 4.79 Å². The lowest BCUT2D eigenvalue weighted by Gasteiger charge is -2.29. The molecule has 2 aliphatic rings. The number of carbonyl (C=O) groups is 3. The van der Waals surface area contributed by atoms with Crippen molar-refractivity contribution in [2.45, 2.75) is 44.8 Å². The quantitative estimate of drug-likeness (QED) is 0.598. The number of hydrogen-bond donors (Lipinski definition) is 2. The number of carboxylic acids is 1. The molecule has 1 aliphatic carbocycles. The largest absolute Gasteiger partial charge is 0.480 e. The molecule has 2 amide bonds. The molecule has 2 atom stereocenters. The van der Waals surface area contributed by atoms with Gasteiger partial charge in [-0.05, 0) is 27.7 Å². The fourth-order valence-electron chi connectivity index (χ4n) is 5.01. The topological polar surface area (TPSA) is 105 Å². The van der Waals surface area contributed by atoms with E-state index in [1.807, 2.05) is 38.1 Å². The molecule has 0 aromatic heterocycles. The van der Waals surface area contributed by atoms with Crippen LogP contribution in [0.3, 0.4) is 0 Å². The summed E-state index contributed by atoms with van der Waals surface area (Å²) in [6.45, 7) is 4.39. The number of nitrogens with zero attached hydrogens (tertiary/aromatic N) is 1. The molecule has 2 aromatic carbocycles. The number of carbonyl (C=O) groups excluding carboxylic acids is 2. The third kappa shape index (κ3) is 5.32. The number of fused-ring (bicyclic) bond motifs is 3. The Balaban J connectivity index is 1.31. The van der Waals surface area contributed by atoms with Crippen molar-refractivity contribution in [1.82, 2.24) is 10.2 Å². The van der Waals surface area contributed by atoms with E-state index in [1.165, 1.54) is 12.0 Å². The highest BCUT2D eigenvalue weighted by atomic mass is 16.5. The maximum atomic E-state index is 12.9. The van der Waals surface area contributed by atoms with E-state index in [1.54, 1.807) is 0 Å². The standard InChI is InChI=1S/C27H32N2O6/c1-27(2,13-24(30)29-14-17(34-3)12-23(29)25(31)32)16-28-26(33)35-15-22-20-10-6-4-8-18(20)19-9-5-7-11-21(19)22/h4-11,17,22-23H,12-16H2,1-3H3,(H,28,33)(H,31,32). The molecule has 2 aromatic rings. The first kappa shape index (κ1) is 24.7. The van der Waals surface area contributed by atoms with E-state index in [-0.39, 0.29) is 50.5 Å². The van der Waals surface area contributed by atoms with Crippen molar-refractivity contribution in [3.63, 3.8) is 0 Å². The summed E-state index contributed by atoms with van der Waals surface area (Å²) in [4.78, 5) is 38.3. The number of alkyl carbamates (subject to hydrolysis) is 1. The molecule has 0 spiro atoms. The molecule has 4 rings (SSSR count). The molecule has 1 heterocycles. The molecule has 0 radical (unpaired) electrons. The lowest BCUT2D eigenvalue weighted by atomic mass is 9.88. The van der Waals surface area contributed by atoms with E-state index in [0.717, 1.165) is 22.3 Å². The van der Waals surface area contributed by atoms with Gasteiger partial charge in [-0.2, -0.15) is 0 Å². The summed E-state index contributed by atoms with van der Waals surface area (Å²) in [5.41, 5.74) is 4.01. The van der Waals surface area contributed by atoms with Crippen LogP contribution in [0.5, 0.6) is 0 Å². The zero-order valence-electron chi connectivity index (χ0n) is 20.3. The molecular formula is C27H32N2O6. The molecule has 35 heavy (non-hydrogen) atoms. The van der Waals surface area contributed by atoms with Gasteiger partial charge in [0, 0.05) is 39.0 Å². The first-order chi connectivity index (χ1) is 16.7. The molecular weight excluding hydrogens is 448 g/mol. The molecule has 1 saturated heterocycles. The van der Waals surface area contributed by atoms with Crippen LogP contribution < -0.4 is 5.32 Å². The van der Waals surface area contributed by atoms with Gasteiger partial charge in [0.15, 0.2) is 0 Å². The number of ether oxygens (including phenoxy) is 2. The summed E-state index contributed by atoms with van der Waals surface area (Å²) >= 11 is 0. The number of methoxy groups -OCH3 is 1. The van der Waals surface area contributed by atoms with Crippen molar-refractivity contribution < 1.29 is 29.0 Å². The summed E-state index contributed by atoms with van der Waals surface area (Å²) in [6, 6.07) is 15.4. The summed E-state index contributed by atoms with van der Waals surface area (Å²) in [6.07, 6.45) is -0.467. The Hall–Kier alpha value is -3.39. The second-order valence-electron chi connectivity index (χ2n) is 10.0. The lowest BCUT2D eigenvalue weighted by Crippen LogP contribution is -2.44. The number of amides is 2. The van der Waals surface area contributed by atoms with Crippen molar-refractivity contribution in [3.8, 4) is 11.1 Å². The Morgan fingerprint density at radius 2 is 1.66 bits per heavy atom. The van der Waals surface area contributed by atoms with E-state index < -0.39 is 23.5 Å². The number of benzene rings is 2. The molecule has 1 fully saturated rings. The van der Waals surface area contributed by atoms with Crippen LogP contribution in [0, 0.1) is 5.41 Å². The van der Waals surface area contributed by atoms with Crippen molar-refractivity contribution in [1.29, 1.82) is 0 Å². The third-order valence-electron chi connectivity index (χ3n) is 6.89. The van der Waals surface area contributed by atoms with Crippen LogP contribution >= 0.6 is 0 Å². The Kier molecular flexibility index (Phi) is 7.12. The van der Waals surface area contributed by atoms with Gasteiger partial charge in [-0.25, -0.2) is 9.59 Å². The lowest BCUT2D eigenvalue weighted by molar-refractivity contribution is -0.149. The van der Waals surface area contributed by atoms with Crippen LogP contribution in [-0.2, 0) is 19.1 Å². The van der Waals surface area contributed by atoms with E-state index in [4.69, 9.17) is 9.47 Å². The number of rotatable bonds is 8. The maximum Gasteiger partial charge on any atom is 0.407 e. The van der Waals surface area contributed by atoms with Gasteiger partial charge in [0.05, 0.1) is 6.10 Å². The number of nitrogens with one attached hydrogen (secondary N) is 1. The van der Waals surface area contributed by atoms with Gasteiger partial charge in [-0.15, -0.1) is 0 Å². The van der Waals surface area contributed by atoms with Crippen molar-refractivity contribution in [2.24, 2.45) is 5.41 Å². The summed E-state index contributed by atoms with van der Waals surface area (Å²) < 4.78 is 10.8. The predicted molar refractivity (Wildman–Crippen MR) is 130 cm³/mol. The number of likely N-dealkylation sites (tertiary alicyclic amines) is 1. The van der Waals surface area contributed by atoms with Crippen molar-refractivity contribution in [3.05, 3.63) is 59.7 Å². The molecule has 8 nitrogen and oxygen atoms in total. The highest BCUT2D eigenvalue weighted by Crippen LogP contribution is 2.44. The zero-order valence-corrected chi connectivity index (χ0v) is 20.3. The summed E-state index contributed by atoms with van der Waals surface area (Å²) in [5.74, 6) is -1.33. The fourth-order valence-corrected chi connectivity index (χ4v) is 5.01. The van der Waals surface area contributed by atoms with Gasteiger partial charge in [0.1, 0.15) is 12.6 Å². The van der Waals surface area contributed by atoms with Crippen LogP contribution in [0.2, 0.25) is 0 Å². The van der Waals surface area contributed by atoms with Gasteiger partial charge in [-0.1, -0.05) is 62.4 Å². The van der Waals surface area contributed by atoms with Crippen molar-refractivity contribution >= 4 is 18.0 Å². The minimum atomic E-state index is -1.03. The highest BCUT2D eigenvalue weighted by molar-refractivity contribution is 5.85. The Morgan fingerprint density at radius 3 is 2.23 bits per heavy atom. The van der Waals surface area contributed by atoms with Crippen molar-refractivity contribution in [2.75, 3.05) is 26.8 Å². The first-order valence-electron chi connectivity index (χ1n) is 11.8. The molecule has 2 unspecified atom stereocenters. The number of hydrogen-bond acceptors (Lipinski definition) is 5. The van der Waals surface area contributed by atoms with Gasteiger partial charge >= 0.3 is 12.1 Å². The second-order valence-corrected chi connectivity index (χ2v) is 10.0. The summed E-state index contributed by atoms with van der Waals surface area (Å²) in [5, 5.41) is 12.2. The molecule has 8 heteroatoms. The van der Waals surface area contributed by atoms with Gasteiger partial charge in [0.25, 0.3) is 0 Å². The minimum absolute atomic E-state index is 0.0282. The maximum absolute atomic E-state index is 12.9. The zero-order chi connectivity index (χ0) is 25.2. The third-order valence-corrected chi connectivity index (χ3v) is 6.89. The SMILES string of the molecule is COC1CC(C(=O)O)N(C(=O)CC(C)(C)CNC(=O)OCC2c3ccccc3-c3ccccc32)C1. The minimum Gasteiger partial charge on any atom is -0.480 e. The normalized spacial score (nSPS) is 19.2. The van der Waals surface area contributed by atoms with E-state index in [0.29, 0.717) is 0 Å². The Morgan fingerprint density at radius 1 is 1.06 bits per heavy atom. The average molecular weight is 481 g/mol. The molecule has 0 bridgehead atoms. The molecule has 1 aliphatic heterocycles. The van der Waals surface area contributed by atoms with Gasteiger partial charge in [-0.3, -0.25) is 4.79 Å². The average Bonchev–Trinajstić information content (AvgIpc) is 3.41. The number of aliphatic carboxylic acids is 1. The smallest absolute Gasteiger partial charge is 0.407 e. The second kappa shape index (κ2) is 10.1. The molecule has 2 N–H and O–H groups in total. The van der Waals surface area contributed by atoms with Gasteiger partial charge < -0.3 is 24.8 Å². The Labute approximate surface area is 205 Å². The van der Waals surface area contributed by atoms with Crippen LogP contribution in [0.25, 0.3) is 11.1 Å². The predicted octanol–water partition coefficient (Wildman–Crippen LogP) is 3.64. The fraction of sp³-hybridized carbons (Fsp3) is 0.444.